The van der Waals surface area contributed by atoms with Gasteiger partial charge in [-0.25, -0.2) is 13.1 Å². The van der Waals surface area contributed by atoms with E-state index in [9.17, 15) is 46.8 Å². The maximum absolute atomic E-state index is 14.4. The number of benzene rings is 3. The van der Waals surface area contributed by atoms with Crippen LogP contribution in [-0.4, -0.2) is 123 Å². The van der Waals surface area contributed by atoms with Crippen LogP contribution in [0.3, 0.4) is 0 Å². The fourth-order valence-corrected chi connectivity index (χ4v) is 10.3. The second-order valence-corrected chi connectivity index (χ2v) is 23.8. The topological polar surface area (TPSA) is 275 Å². The van der Waals surface area contributed by atoms with Crippen molar-refractivity contribution < 1.29 is 46.8 Å². The molecule has 1 heterocycles. The molecule has 0 radical (unpaired) electrons. The number of nitrogens with one attached hydrogen (secondary N) is 6. The lowest BCUT2D eigenvalue weighted by atomic mass is 9.76. The van der Waals surface area contributed by atoms with E-state index in [0.717, 1.165) is 16.0 Å². The first-order valence-corrected chi connectivity index (χ1v) is 28.5. The fraction of sp³-hybridized carbons (Fsp3) is 0.492. The number of unbranched alkanes of at least 4 members (excludes halogenated alkanes) is 3. The predicted octanol–water partition coefficient (Wildman–Crippen LogP) is 4.46. The van der Waals surface area contributed by atoms with E-state index in [1.807, 2.05) is 109 Å². The summed E-state index contributed by atoms with van der Waals surface area (Å²) in [5, 5.41) is 14.6. The van der Waals surface area contributed by atoms with Gasteiger partial charge in [0.05, 0.1) is 17.0 Å². The number of carbonyl (C=O) groups excluding carboxylic acids is 8. The van der Waals surface area contributed by atoms with Crippen molar-refractivity contribution in [2.24, 2.45) is 17.1 Å². The molecule has 20 heteroatoms. The molecule has 0 bridgehead atoms. The fourth-order valence-electron chi connectivity index (χ4n) is 9.27. The number of amides is 8. The van der Waals surface area contributed by atoms with E-state index >= 15 is 0 Å². The van der Waals surface area contributed by atoms with Crippen molar-refractivity contribution >= 4 is 57.3 Å². The van der Waals surface area contributed by atoms with Gasteiger partial charge >= 0.3 is 0 Å². The molecule has 19 nitrogen and oxygen atoms in total. The molecule has 0 aromatic heterocycles. The predicted molar refractivity (Wildman–Crippen MR) is 304 cm³/mol. The van der Waals surface area contributed by atoms with Gasteiger partial charge in [0.1, 0.15) is 18.1 Å². The normalized spacial score (nSPS) is 14.9. The van der Waals surface area contributed by atoms with Crippen molar-refractivity contribution in [1.29, 1.82) is 0 Å². The molecule has 5 atom stereocenters. The minimum Gasteiger partial charge on any atom is -0.350 e. The van der Waals surface area contributed by atoms with Gasteiger partial charge in [-0.05, 0) is 92.8 Å². The van der Waals surface area contributed by atoms with E-state index in [0.29, 0.717) is 44.2 Å². The third-order valence-electron chi connectivity index (χ3n) is 14.1. The van der Waals surface area contributed by atoms with Gasteiger partial charge in [-0.2, -0.15) is 0 Å². The molecule has 3 aromatic rings. The highest BCUT2D eigenvalue weighted by Gasteiger charge is 2.42. The largest absolute Gasteiger partial charge is 0.350 e. The number of hydrogen-bond donors (Lipinski definition) is 7. The zero-order valence-corrected chi connectivity index (χ0v) is 48.3. The molecule has 8 N–H and O–H groups in total. The van der Waals surface area contributed by atoms with Crippen LogP contribution in [0.25, 0.3) is 0 Å². The van der Waals surface area contributed by atoms with Gasteiger partial charge in [-0.1, -0.05) is 134 Å². The molecule has 1 aliphatic rings. The van der Waals surface area contributed by atoms with Crippen molar-refractivity contribution in [2.45, 2.75) is 154 Å². The Kier molecular flexibility index (Phi) is 24.3. The van der Waals surface area contributed by atoms with Crippen LogP contribution in [0.2, 0.25) is 0 Å². The summed E-state index contributed by atoms with van der Waals surface area (Å²) in [5.41, 5.74) is 6.66. The van der Waals surface area contributed by atoms with E-state index in [1.165, 1.54) is 54.3 Å². The Labute approximate surface area is 466 Å². The molecule has 0 fully saturated rings. The van der Waals surface area contributed by atoms with Gasteiger partial charge < -0.3 is 37.2 Å². The Morgan fingerprint density at radius 2 is 1.32 bits per heavy atom. The molecule has 79 heavy (non-hydrogen) atoms. The molecule has 3 aromatic carbocycles. The summed E-state index contributed by atoms with van der Waals surface area (Å²) in [6.07, 6.45) is 7.11. The number of nitrogens with two attached hydrogens (primary N) is 1. The molecule has 1 aliphatic heterocycles. The summed E-state index contributed by atoms with van der Waals surface area (Å²) >= 11 is 0. The highest BCUT2D eigenvalue weighted by molar-refractivity contribution is 7.90. The lowest BCUT2D eigenvalue weighted by Crippen LogP contribution is -2.61. The van der Waals surface area contributed by atoms with Crippen LogP contribution in [0.4, 0.5) is 0 Å². The van der Waals surface area contributed by atoms with Crippen molar-refractivity contribution in [3.63, 3.8) is 0 Å². The maximum Gasteiger partial charge on any atom is 0.264 e. The van der Waals surface area contributed by atoms with E-state index in [1.54, 1.807) is 14.1 Å². The minimum absolute atomic E-state index is 0.0390. The Balaban J connectivity index is 1.39. The van der Waals surface area contributed by atoms with Gasteiger partial charge in [0.2, 0.25) is 29.5 Å². The second-order valence-electron chi connectivity index (χ2n) is 22.1. The van der Waals surface area contributed by atoms with Crippen molar-refractivity contribution in [1.82, 2.24) is 41.1 Å². The van der Waals surface area contributed by atoms with E-state index in [-0.39, 0.29) is 72.4 Å². The summed E-state index contributed by atoms with van der Waals surface area (Å²) < 4.78 is 29.3. The molecule has 0 spiro atoms. The van der Waals surface area contributed by atoms with Gasteiger partial charge in [-0.15, -0.1) is 0 Å². The van der Waals surface area contributed by atoms with E-state index in [2.05, 4.69) is 31.3 Å². The molecule has 5 unspecified atom stereocenters. The number of nitrogens with zero attached hydrogens (tertiary/aromatic N) is 2. The molecule has 0 aliphatic carbocycles. The van der Waals surface area contributed by atoms with Crippen LogP contribution in [0.15, 0.2) is 114 Å². The highest BCUT2D eigenvalue weighted by atomic mass is 32.2. The molecule has 430 valence electrons. The van der Waals surface area contributed by atoms with Crippen molar-refractivity contribution in [2.75, 3.05) is 27.2 Å². The van der Waals surface area contributed by atoms with Crippen LogP contribution in [-0.2, 0) is 66.8 Å². The molecule has 0 saturated carbocycles. The number of likely N-dealkylation sites (N-methyl/N-ethyl adjacent to an activating group) is 2. The SMILES string of the molecule is CNC(C(=O)NC(C(=O)N(C)C(/C=C(\C)C(=O)NS(=O)(=O)c1ccc(CNC(=O)C(CCCCN)NC(=O)C(Cc2ccccc2)NC(=O)CCCCCN2C(=O)C=CC2=O)cc1)C(C)C)C(C)(C)C)C(C)(C)c1ccccc1. The lowest BCUT2D eigenvalue weighted by Gasteiger charge is -2.40. The molecule has 0 saturated heterocycles. The van der Waals surface area contributed by atoms with E-state index < -0.39 is 74.7 Å². The summed E-state index contributed by atoms with van der Waals surface area (Å²) in [6, 6.07) is 19.9. The smallest absolute Gasteiger partial charge is 0.264 e. The Hall–Kier alpha value is -7.03. The summed E-state index contributed by atoms with van der Waals surface area (Å²) in [4.78, 5) is 109. The average Bonchev–Trinajstić information content (AvgIpc) is 3.77. The monoisotopic (exact) mass is 1110 g/mol. The Morgan fingerprint density at radius 1 is 0.709 bits per heavy atom. The molecular weight excluding hydrogens is 1030 g/mol. The summed E-state index contributed by atoms with van der Waals surface area (Å²) in [6.45, 7) is 15.2. The molecule has 8 amide bonds. The zero-order chi connectivity index (χ0) is 58.7. The number of carbonyl (C=O) groups is 8. The standard InChI is InChI=1S/C59H83N9O10S/c1-39(2)47(67(10)57(76)52(58(4,5)6)65-56(75)51(61-9)59(7,8)43-24-16-12-17-25-43)36-40(3)53(72)66-79(77,78)44-30-28-42(29-31-44)38-62-54(73)45(26-19-20-34-60)64-55(74)46(37-41-22-14-11-15-23-41)63-48(69)27-18-13-21-35-68-49(70)32-33-50(68)71/h11-12,14-17,22-25,28-33,36,39,45-47,51-52,61H,13,18-21,26-27,34-35,37-38,60H2,1-10H3,(H,62,73)(H,63,69)(H,64,74)(H,65,75)(H,66,72)/b40-36+. The van der Waals surface area contributed by atoms with Gasteiger partial charge in [0.25, 0.3) is 27.7 Å². The average molecular weight is 1110 g/mol. The third-order valence-corrected chi connectivity index (χ3v) is 15.4. The summed E-state index contributed by atoms with van der Waals surface area (Å²) in [5.74, 6) is -4.08. The Morgan fingerprint density at radius 3 is 1.89 bits per heavy atom. The Bertz CT molecular complexity index is 2740. The van der Waals surface area contributed by atoms with Gasteiger partial charge in [-0.3, -0.25) is 43.3 Å². The molecule has 4 rings (SSSR count). The van der Waals surface area contributed by atoms with Crippen molar-refractivity contribution in [3.05, 3.63) is 125 Å². The number of hydrogen-bond acceptors (Lipinski definition) is 12. The first-order valence-electron chi connectivity index (χ1n) is 27.0. The quantitative estimate of drug-likeness (QED) is 0.0277. The van der Waals surface area contributed by atoms with Crippen LogP contribution in [0, 0.1) is 11.3 Å². The van der Waals surface area contributed by atoms with Gasteiger partial charge in [0, 0.05) is 56.1 Å². The van der Waals surface area contributed by atoms with E-state index in [4.69, 9.17) is 5.73 Å². The van der Waals surface area contributed by atoms with Crippen LogP contribution < -0.4 is 37.0 Å². The van der Waals surface area contributed by atoms with Crippen LogP contribution in [0.5, 0.6) is 0 Å². The van der Waals surface area contributed by atoms with Crippen LogP contribution >= 0.6 is 0 Å². The number of rotatable bonds is 30. The highest BCUT2D eigenvalue weighted by Crippen LogP contribution is 2.29. The third kappa shape index (κ3) is 19.1. The van der Waals surface area contributed by atoms with Crippen LogP contribution in [0.1, 0.15) is 117 Å². The first kappa shape index (κ1) is 64.5. The van der Waals surface area contributed by atoms with Crippen molar-refractivity contribution in [3.8, 4) is 0 Å². The summed E-state index contributed by atoms with van der Waals surface area (Å²) in [7, 11) is -1.12. The number of sulfonamides is 1. The number of imide groups is 1. The first-order chi connectivity index (χ1) is 37.2. The zero-order valence-electron chi connectivity index (χ0n) is 47.5. The lowest BCUT2D eigenvalue weighted by molar-refractivity contribution is -0.141. The maximum atomic E-state index is 14.4. The minimum atomic E-state index is -4.40. The van der Waals surface area contributed by atoms with Gasteiger partial charge in [0.15, 0.2) is 0 Å². The second kappa shape index (κ2) is 29.8. The molecular formula is C59H83N9O10S.